The van der Waals surface area contributed by atoms with Gasteiger partial charge >= 0.3 is 0 Å². The van der Waals surface area contributed by atoms with Crippen molar-refractivity contribution in [3.05, 3.63) is 59.2 Å². The second kappa shape index (κ2) is 8.96. The van der Waals surface area contributed by atoms with E-state index in [1.807, 2.05) is 19.1 Å². The first kappa shape index (κ1) is 20.7. The van der Waals surface area contributed by atoms with E-state index in [9.17, 15) is 9.59 Å². The molecule has 154 valence electrons. The summed E-state index contributed by atoms with van der Waals surface area (Å²) in [5.41, 5.74) is 3.88. The molecule has 0 bridgehead atoms. The zero-order valence-electron chi connectivity index (χ0n) is 17.2. The largest absolute Gasteiger partial charge is 0.467 e. The van der Waals surface area contributed by atoms with Gasteiger partial charge in [0.1, 0.15) is 11.8 Å². The summed E-state index contributed by atoms with van der Waals surface area (Å²) >= 11 is 0. The van der Waals surface area contributed by atoms with Gasteiger partial charge in [-0.15, -0.1) is 0 Å². The predicted molar refractivity (Wildman–Crippen MR) is 111 cm³/mol. The van der Waals surface area contributed by atoms with Crippen LogP contribution in [0, 0.1) is 13.8 Å². The van der Waals surface area contributed by atoms with Gasteiger partial charge in [0.15, 0.2) is 0 Å². The fourth-order valence-electron chi connectivity index (χ4n) is 3.35. The summed E-state index contributed by atoms with van der Waals surface area (Å²) in [6.45, 7) is 7.43. The number of aromatic nitrogens is 1. The van der Waals surface area contributed by atoms with Gasteiger partial charge in [-0.1, -0.05) is 0 Å². The summed E-state index contributed by atoms with van der Waals surface area (Å²) in [5.74, 6) is 0.106. The van der Waals surface area contributed by atoms with Gasteiger partial charge in [-0.3, -0.25) is 9.59 Å². The van der Waals surface area contributed by atoms with Gasteiger partial charge in [0.25, 0.3) is 5.91 Å². The second-order valence-electron chi connectivity index (χ2n) is 7.08. The number of carbonyl (C=O) groups is 2. The standard InChI is InChI=1S/C22H27N3O4/c1-14-16(3)25(9-11-28-4)20-8-7-17(12-19(14)20)22(27)24-15(2)21(26)23-13-18-6-5-10-29-18/h5-8,10,12,15H,9,11,13H2,1-4H3,(H,23,26)(H,24,27). The highest BCUT2D eigenvalue weighted by Gasteiger charge is 2.18. The Bertz CT molecular complexity index is 1000. The Labute approximate surface area is 170 Å². The lowest BCUT2D eigenvalue weighted by Gasteiger charge is -2.14. The smallest absolute Gasteiger partial charge is 0.251 e. The van der Waals surface area contributed by atoms with Crippen molar-refractivity contribution in [2.24, 2.45) is 0 Å². The molecule has 0 spiro atoms. The van der Waals surface area contributed by atoms with Crippen LogP contribution in [0.3, 0.4) is 0 Å². The highest BCUT2D eigenvalue weighted by molar-refractivity contribution is 6.01. The van der Waals surface area contributed by atoms with Crippen molar-refractivity contribution in [3.63, 3.8) is 0 Å². The zero-order valence-corrected chi connectivity index (χ0v) is 17.2. The molecule has 0 fully saturated rings. The number of furan rings is 1. The van der Waals surface area contributed by atoms with Gasteiger partial charge in [-0.25, -0.2) is 0 Å². The molecular weight excluding hydrogens is 370 g/mol. The minimum absolute atomic E-state index is 0.270. The molecule has 0 saturated carbocycles. The summed E-state index contributed by atoms with van der Waals surface area (Å²) in [6, 6.07) is 8.48. The Morgan fingerprint density at radius 2 is 2.03 bits per heavy atom. The summed E-state index contributed by atoms with van der Waals surface area (Å²) in [6.07, 6.45) is 1.55. The van der Waals surface area contributed by atoms with Gasteiger partial charge in [0, 0.05) is 35.8 Å². The summed E-state index contributed by atoms with van der Waals surface area (Å²) < 4.78 is 12.6. The van der Waals surface area contributed by atoms with Gasteiger partial charge in [-0.2, -0.15) is 0 Å². The maximum absolute atomic E-state index is 12.7. The minimum atomic E-state index is -0.665. The number of fused-ring (bicyclic) bond motifs is 1. The molecule has 0 aliphatic heterocycles. The number of methoxy groups -OCH3 is 1. The quantitative estimate of drug-likeness (QED) is 0.612. The number of nitrogens with one attached hydrogen (secondary N) is 2. The maximum atomic E-state index is 12.7. The molecule has 0 aliphatic carbocycles. The summed E-state index contributed by atoms with van der Waals surface area (Å²) in [7, 11) is 1.68. The lowest BCUT2D eigenvalue weighted by Crippen LogP contribution is -2.44. The van der Waals surface area contributed by atoms with Crippen LogP contribution in [0.25, 0.3) is 10.9 Å². The lowest BCUT2D eigenvalue weighted by molar-refractivity contribution is -0.122. The number of amides is 2. The SMILES string of the molecule is COCCn1c(C)c(C)c2cc(C(=O)NC(C)C(=O)NCc3ccco3)ccc21. The van der Waals surface area contributed by atoms with Crippen LogP contribution in [-0.4, -0.2) is 36.1 Å². The molecule has 1 unspecified atom stereocenters. The highest BCUT2D eigenvalue weighted by Crippen LogP contribution is 2.26. The summed E-state index contributed by atoms with van der Waals surface area (Å²) in [4.78, 5) is 24.9. The van der Waals surface area contributed by atoms with Crippen molar-refractivity contribution in [2.45, 2.75) is 39.9 Å². The van der Waals surface area contributed by atoms with Crippen LogP contribution in [-0.2, 0) is 22.6 Å². The van der Waals surface area contributed by atoms with E-state index in [1.54, 1.807) is 38.5 Å². The van der Waals surface area contributed by atoms with Crippen molar-refractivity contribution >= 4 is 22.7 Å². The average molecular weight is 397 g/mol. The maximum Gasteiger partial charge on any atom is 0.251 e. The number of ether oxygens (including phenoxy) is 1. The van der Waals surface area contributed by atoms with Crippen molar-refractivity contribution in [3.8, 4) is 0 Å². The van der Waals surface area contributed by atoms with Gasteiger partial charge < -0.3 is 24.4 Å². The molecule has 29 heavy (non-hydrogen) atoms. The highest BCUT2D eigenvalue weighted by atomic mass is 16.5. The van der Waals surface area contributed by atoms with Gasteiger partial charge in [0.05, 0.1) is 19.4 Å². The van der Waals surface area contributed by atoms with E-state index in [0.29, 0.717) is 17.9 Å². The first-order chi connectivity index (χ1) is 13.9. The zero-order chi connectivity index (χ0) is 21.0. The lowest BCUT2D eigenvalue weighted by atomic mass is 10.1. The van der Waals surface area contributed by atoms with Gasteiger partial charge in [-0.05, 0) is 56.7 Å². The number of rotatable bonds is 8. The molecule has 0 saturated heterocycles. The third-order valence-electron chi connectivity index (χ3n) is 5.18. The van der Waals surface area contributed by atoms with E-state index in [1.165, 1.54) is 0 Å². The fourth-order valence-corrected chi connectivity index (χ4v) is 3.35. The van der Waals surface area contributed by atoms with E-state index in [-0.39, 0.29) is 18.4 Å². The third-order valence-corrected chi connectivity index (χ3v) is 5.18. The number of nitrogens with zero attached hydrogens (tertiary/aromatic N) is 1. The molecule has 2 amide bonds. The molecule has 2 aromatic heterocycles. The molecular formula is C22H27N3O4. The van der Waals surface area contributed by atoms with Crippen LogP contribution in [0.5, 0.6) is 0 Å². The average Bonchev–Trinajstić information content (AvgIpc) is 3.32. The first-order valence-corrected chi connectivity index (χ1v) is 9.61. The van der Waals surface area contributed by atoms with Crippen LogP contribution in [0.4, 0.5) is 0 Å². The number of hydrogen-bond donors (Lipinski definition) is 2. The molecule has 2 heterocycles. The first-order valence-electron chi connectivity index (χ1n) is 9.61. The van der Waals surface area contributed by atoms with Crippen LogP contribution in [0.1, 0.15) is 34.3 Å². The summed E-state index contributed by atoms with van der Waals surface area (Å²) in [5, 5.41) is 6.53. The Balaban J connectivity index is 1.70. The molecule has 0 radical (unpaired) electrons. The third kappa shape index (κ3) is 4.51. The Morgan fingerprint density at radius 1 is 1.24 bits per heavy atom. The number of carbonyl (C=O) groups excluding carboxylic acids is 2. The minimum Gasteiger partial charge on any atom is -0.467 e. The van der Waals surface area contributed by atoms with Crippen molar-refractivity contribution in [1.82, 2.24) is 15.2 Å². The number of hydrogen-bond acceptors (Lipinski definition) is 4. The van der Waals surface area contributed by atoms with Crippen molar-refractivity contribution in [1.29, 1.82) is 0 Å². The van der Waals surface area contributed by atoms with E-state index >= 15 is 0 Å². The van der Waals surface area contributed by atoms with Crippen LogP contribution in [0.2, 0.25) is 0 Å². The molecule has 7 nitrogen and oxygen atoms in total. The molecule has 1 atom stereocenters. The van der Waals surface area contributed by atoms with E-state index < -0.39 is 6.04 Å². The van der Waals surface area contributed by atoms with E-state index in [4.69, 9.17) is 9.15 Å². The van der Waals surface area contributed by atoms with E-state index in [0.717, 1.165) is 28.7 Å². The number of aryl methyl sites for hydroxylation is 1. The van der Waals surface area contributed by atoms with Crippen molar-refractivity contribution < 1.29 is 18.7 Å². The Kier molecular flexibility index (Phi) is 6.39. The fraction of sp³-hybridized carbons (Fsp3) is 0.364. The van der Waals surface area contributed by atoms with Crippen molar-refractivity contribution in [2.75, 3.05) is 13.7 Å². The monoisotopic (exact) mass is 397 g/mol. The Hall–Kier alpha value is -3.06. The predicted octanol–water partition coefficient (Wildman–Crippen LogP) is 2.93. The van der Waals surface area contributed by atoms with Crippen LogP contribution in [0.15, 0.2) is 41.0 Å². The molecule has 1 aromatic carbocycles. The molecule has 7 heteroatoms. The molecule has 3 rings (SSSR count). The van der Waals surface area contributed by atoms with Crippen LogP contribution >= 0.6 is 0 Å². The molecule has 0 aliphatic rings. The van der Waals surface area contributed by atoms with Gasteiger partial charge in [0.2, 0.25) is 5.91 Å². The topological polar surface area (TPSA) is 85.5 Å². The normalized spacial score (nSPS) is 12.1. The molecule has 2 N–H and O–H groups in total. The molecule has 3 aromatic rings. The Morgan fingerprint density at radius 3 is 2.72 bits per heavy atom. The number of benzene rings is 1. The second-order valence-corrected chi connectivity index (χ2v) is 7.08. The van der Waals surface area contributed by atoms with Crippen LogP contribution < -0.4 is 10.6 Å². The van der Waals surface area contributed by atoms with E-state index in [2.05, 4.69) is 22.1 Å².